The highest BCUT2D eigenvalue weighted by atomic mass is 16.5. The van der Waals surface area contributed by atoms with Crippen LogP contribution in [-0.4, -0.2) is 50.8 Å². The summed E-state index contributed by atoms with van der Waals surface area (Å²) in [6.45, 7) is 9.65. The van der Waals surface area contributed by atoms with Gasteiger partial charge in [0.2, 0.25) is 0 Å². The molecule has 0 aromatic carbocycles. The van der Waals surface area contributed by atoms with E-state index in [1.807, 2.05) is 0 Å². The van der Waals surface area contributed by atoms with Crippen molar-refractivity contribution in [2.75, 3.05) is 39.9 Å². The van der Waals surface area contributed by atoms with Crippen molar-refractivity contribution in [2.24, 2.45) is 5.92 Å². The van der Waals surface area contributed by atoms with Gasteiger partial charge >= 0.3 is 0 Å². The minimum absolute atomic E-state index is 0.823. The number of nitrogens with one attached hydrogen (secondary N) is 1. The molecule has 2 unspecified atom stereocenters. The number of likely N-dealkylation sites (N-methyl/N-ethyl adjacent to an activating group) is 1. The number of rotatable bonds is 10. The van der Waals surface area contributed by atoms with Gasteiger partial charge in [-0.05, 0) is 52.1 Å². The first-order chi connectivity index (χ1) is 9.24. The molecule has 0 aromatic heterocycles. The molecule has 1 aliphatic carbocycles. The third-order valence-electron chi connectivity index (χ3n) is 4.27. The Bertz CT molecular complexity index is 211. The Kier molecular flexibility index (Phi) is 9.48. The molecule has 0 bridgehead atoms. The second-order valence-corrected chi connectivity index (χ2v) is 6.06. The summed E-state index contributed by atoms with van der Waals surface area (Å²) in [6, 6.07) is 0.823. The van der Waals surface area contributed by atoms with Crippen molar-refractivity contribution in [3.63, 3.8) is 0 Å². The Balaban J connectivity index is 1.93. The van der Waals surface area contributed by atoms with Gasteiger partial charge in [-0.15, -0.1) is 0 Å². The van der Waals surface area contributed by atoms with Crippen molar-refractivity contribution in [3.05, 3.63) is 0 Å². The van der Waals surface area contributed by atoms with Crippen LogP contribution in [0, 0.1) is 5.92 Å². The lowest BCUT2D eigenvalue weighted by atomic mass is 9.86. The van der Waals surface area contributed by atoms with E-state index in [9.17, 15) is 0 Å². The monoisotopic (exact) mass is 270 g/mol. The summed E-state index contributed by atoms with van der Waals surface area (Å²) >= 11 is 0. The molecule has 1 aliphatic rings. The maximum absolute atomic E-state index is 5.33. The van der Waals surface area contributed by atoms with Gasteiger partial charge in [0.25, 0.3) is 0 Å². The van der Waals surface area contributed by atoms with E-state index in [1.165, 1.54) is 45.1 Å². The standard InChI is InChI=1S/C16H34N2O/c1-4-19-13-6-5-10-17-11-12-18(3)16-9-7-8-15(2)14-16/h15-17H,4-14H2,1-3H3. The fraction of sp³-hybridized carbons (Fsp3) is 1.00. The van der Waals surface area contributed by atoms with Gasteiger partial charge in [-0.25, -0.2) is 0 Å². The second kappa shape index (κ2) is 10.6. The van der Waals surface area contributed by atoms with Crippen LogP contribution in [0.1, 0.15) is 52.4 Å². The highest BCUT2D eigenvalue weighted by molar-refractivity contribution is 4.77. The highest BCUT2D eigenvalue weighted by Gasteiger charge is 2.21. The summed E-state index contributed by atoms with van der Waals surface area (Å²) in [5.74, 6) is 0.924. The zero-order valence-corrected chi connectivity index (χ0v) is 13.3. The summed E-state index contributed by atoms with van der Waals surface area (Å²) in [5.41, 5.74) is 0. The van der Waals surface area contributed by atoms with E-state index in [2.05, 4.69) is 31.1 Å². The van der Waals surface area contributed by atoms with Gasteiger partial charge in [0.1, 0.15) is 0 Å². The van der Waals surface area contributed by atoms with E-state index < -0.39 is 0 Å². The van der Waals surface area contributed by atoms with E-state index in [-0.39, 0.29) is 0 Å². The molecule has 0 saturated heterocycles. The second-order valence-electron chi connectivity index (χ2n) is 6.06. The van der Waals surface area contributed by atoms with Crippen molar-refractivity contribution in [1.82, 2.24) is 10.2 Å². The third-order valence-corrected chi connectivity index (χ3v) is 4.27. The van der Waals surface area contributed by atoms with Crippen LogP contribution in [0.15, 0.2) is 0 Å². The lowest BCUT2D eigenvalue weighted by molar-refractivity contribution is 0.143. The minimum Gasteiger partial charge on any atom is -0.382 e. The summed E-state index contributed by atoms with van der Waals surface area (Å²) in [5, 5.41) is 3.55. The van der Waals surface area contributed by atoms with Gasteiger partial charge in [0.05, 0.1) is 0 Å². The van der Waals surface area contributed by atoms with Crippen molar-refractivity contribution in [1.29, 1.82) is 0 Å². The molecule has 114 valence electrons. The molecular formula is C16H34N2O. The predicted octanol–water partition coefficient (Wildman–Crippen LogP) is 2.90. The van der Waals surface area contributed by atoms with Crippen molar-refractivity contribution >= 4 is 0 Å². The fourth-order valence-corrected chi connectivity index (χ4v) is 2.96. The van der Waals surface area contributed by atoms with E-state index in [0.29, 0.717) is 0 Å². The van der Waals surface area contributed by atoms with Gasteiger partial charge in [-0.3, -0.25) is 0 Å². The van der Waals surface area contributed by atoms with Crippen LogP contribution in [0.4, 0.5) is 0 Å². The molecule has 1 saturated carbocycles. The molecule has 1 rings (SSSR count). The first kappa shape index (κ1) is 16.9. The van der Waals surface area contributed by atoms with Crippen molar-refractivity contribution in [3.8, 4) is 0 Å². The van der Waals surface area contributed by atoms with Crippen LogP contribution < -0.4 is 5.32 Å². The maximum atomic E-state index is 5.33. The molecule has 1 N–H and O–H groups in total. The lowest BCUT2D eigenvalue weighted by Gasteiger charge is -2.34. The number of hydrogen-bond acceptors (Lipinski definition) is 3. The molecule has 1 fully saturated rings. The molecule has 2 atom stereocenters. The van der Waals surface area contributed by atoms with Crippen LogP contribution >= 0.6 is 0 Å². The van der Waals surface area contributed by atoms with E-state index in [1.54, 1.807) is 0 Å². The van der Waals surface area contributed by atoms with Gasteiger partial charge in [0, 0.05) is 32.3 Å². The third kappa shape index (κ3) is 7.91. The summed E-state index contributed by atoms with van der Waals surface area (Å²) in [7, 11) is 2.29. The fourth-order valence-electron chi connectivity index (χ4n) is 2.96. The van der Waals surface area contributed by atoms with E-state index in [4.69, 9.17) is 4.74 Å². The number of nitrogens with zero attached hydrogens (tertiary/aromatic N) is 1. The molecule has 19 heavy (non-hydrogen) atoms. The quantitative estimate of drug-likeness (QED) is 0.618. The molecular weight excluding hydrogens is 236 g/mol. The van der Waals surface area contributed by atoms with Crippen LogP contribution in [-0.2, 0) is 4.74 Å². The van der Waals surface area contributed by atoms with Crippen LogP contribution in [0.25, 0.3) is 0 Å². The summed E-state index contributed by atoms with van der Waals surface area (Å²) in [4.78, 5) is 2.56. The van der Waals surface area contributed by atoms with E-state index >= 15 is 0 Å². The number of hydrogen-bond donors (Lipinski definition) is 1. The van der Waals surface area contributed by atoms with Gasteiger partial charge in [0.15, 0.2) is 0 Å². The molecule has 0 amide bonds. The van der Waals surface area contributed by atoms with Gasteiger partial charge in [-0.2, -0.15) is 0 Å². The Morgan fingerprint density at radius 1 is 1.21 bits per heavy atom. The van der Waals surface area contributed by atoms with Crippen LogP contribution in [0.2, 0.25) is 0 Å². The first-order valence-electron chi connectivity index (χ1n) is 8.22. The Morgan fingerprint density at radius 2 is 2.05 bits per heavy atom. The highest BCUT2D eigenvalue weighted by Crippen LogP contribution is 2.26. The predicted molar refractivity (Wildman–Crippen MR) is 82.6 cm³/mol. The largest absolute Gasteiger partial charge is 0.382 e. The average Bonchev–Trinajstić information content (AvgIpc) is 2.41. The molecule has 0 aromatic rings. The van der Waals surface area contributed by atoms with Crippen molar-refractivity contribution < 1.29 is 4.74 Å². The van der Waals surface area contributed by atoms with Crippen LogP contribution in [0.5, 0.6) is 0 Å². The van der Waals surface area contributed by atoms with Gasteiger partial charge < -0.3 is 15.0 Å². The minimum atomic E-state index is 0.823. The number of ether oxygens (including phenoxy) is 1. The Morgan fingerprint density at radius 3 is 2.79 bits per heavy atom. The summed E-state index contributed by atoms with van der Waals surface area (Å²) in [6.07, 6.45) is 8.05. The number of unbranched alkanes of at least 4 members (excludes halogenated alkanes) is 1. The maximum Gasteiger partial charge on any atom is 0.0466 e. The SMILES string of the molecule is CCOCCCCNCCN(C)C1CCCC(C)C1. The Labute approximate surface area is 120 Å². The zero-order valence-electron chi connectivity index (χ0n) is 13.3. The molecule has 3 nitrogen and oxygen atoms in total. The van der Waals surface area contributed by atoms with E-state index in [0.717, 1.165) is 38.3 Å². The summed E-state index contributed by atoms with van der Waals surface area (Å²) < 4.78 is 5.33. The molecule has 0 aliphatic heterocycles. The normalized spacial score (nSPS) is 24.0. The topological polar surface area (TPSA) is 24.5 Å². The Hall–Kier alpha value is -0.120. The molecule has 3 heteroatoms. The first-order valence-corrected chi connectivity index (χ1v) is 8.22. The molecule has 0 heterocycles. The van der Waals surface area contributed by atoms with Gasteiger partial charge in [-0.1, -0.05) is 19.8 Å². The lowest BCUT2D eigenvalue weighted by Crippen LogP contribution is -2.39. The van der Waals surface area contributed by atoms with Crippen molar-refractivity contribution in [2.45, 2.75) is 58.4 Å². The zero-order chi connectivity index (χ0) is 13.9. The molecule has 0 radical (unpaired) electrons. The molecule has 0 spiro atoms. The smallest absolute Gasteiger partial charge is 0.0466 e. The average molecular weight is 270 g/mol. The van der Waals surface area contributed by atoms with Crippen LogP contribution in [0.3, 0.4) is 0 Å².